The molecule has 1 spiro atoms. The van der Waals surface area contributed by atoms with E-state index in [0.29, 0.717) is 12.8 Å². The minimum atomic E-state index is -1.11. The number of aliphatic hydroxyl groups is 1. The van der Waals surface area contributed by atoms with Gasteiger partial charge in [-0.25, -0.2) is 0 Å². The van der Waals surface area contributed by atoms with E-state index in [0.717, 1.165) is 5.56 Å². The van der Waals surface area contributed by atoms with Gasteiger partial charge >= 0.3 is 0 Å². The van der Waals surface area contributed by atoms with Crippen molar-refractivity contribution >= 4 is 17.7 Å². The van der Waals surface area contributed by atoms with E-state index >= 15 is 0 Å². The van der Waals surface area contributed by atoms with Crippen LogP contribution in [0, 0.1) is 11.8 Å². The summed E-state index contributed by atoms with van der Waals surface area (Å²) in [4.78, 5) is 42.0. The van der Waals surface area contributed by atoms with Gasteiger partial charge in [-0.3, -0.25) is 14.4 Å². The van der Waals surface area contributed by atoms with Crippen molar-refractivity contribution in [1.82, 2.24) is 15.5 Å². The van der Waals surface area contributed by atoms with E-state index in [-0.39, 0.29) is 24.3 Å². The summed E-state index contributed by atoms with van der Waals surface area (Å²) >= 11 is 0. The van der Waals surface area contributed by atoms with Gasteiger partial charge in [0.1, 0.15) is 11.6 Å². The van der Waals surface area contributed by atoms with Crippen molar-refractivity contribution < 1.29 is 24.2 Å². The van der Waals surface area contributed by atoms with Gasteiger partial charge in [0.2, 0.25) is 17.7 Å². The van der Waals surface area contributed by atoms with Crippen molar-refractivity contribution in [3.8, 4) is 0 Å². The van der Waals surface area contributed by atoms with Crippen LogP contribution in [0.15, 0.2) is 30.3 Å². The van der Waals surface area contributed by atoms with Crippen molar-refractivity contribution in [1.29, 1.82) is 0 Å². The number of carbonyl (C=O) groups is 3. The first kappa shape index (κ1) is 22.7. The predicted octanol–water partition coefficient (Wildman–Crippen LogP) is 1.15. The molecular formula is C24H33N3O5. The molecule has 0 saturated carbocycles. The summed E-state index contributed by atoms with van der Waals surface area (Å²) in [5, 5.41) is 16.0. The zero-order valence-electron chi connectivity index (χ0n) is 19.3. The van der Waals surface area contributed by atoms with Gasteiger partial charge in [0, 0.05) is 12.6 Å². The fourth-order valence-corrected chi connectivity index (χ4v) is 6.02. The van der Waals surface area contributed by atoms with Gasteiger partial charge in [0.05, 0.1) is 30.1 Å². The molecule has 0 aromatic heterocycles. The summed E-state index contributed by atoms with van der Waals surface area (Å²) in [5.74, 6) is -2.39. The van der Waals surface area contributed by atoms with Crippen molar-refractivity contribution in [2.75, 3.05) is 13.7 Å². The number of ether oxygens (including phenoxy) is 1. The average Bonchev–Trinajstić information content (AvgIpc) is 3.29. The number of hydrogen-bond donors (Lipinski definition) is 3. The molecule has 1 aromatic rings. The molecule has 4 rings (SSSR count). The number of carbonyl (C=O) groups excluding carboxylic acids is 3. The van der Waals surface area contributed by atoms with Crippen LogP contribution < -0.4 is 10.6 Å². The van der Waals surface area contributed by atoms with Gasteiger partial charge in [-0.05, 0) is 46.1 Å². The fourth-order valence-electron chi connectivity index (χ4n) is 6.02. The third-order valence-corrected chi connectivity index (χ3v) is 7.18. The van der Waals surface area contributed by atoms with Gasteiger partial charge in [0.25, 0.3) is 0 Å². The molecule has 2 unspecified atom stereocenters. The molecule has 8 heteroatoms. The first-order valence-corrected chi connectivity index (χ1v) is 11.2. The lowest BCUT2D eigenvalue weighted by atomic mass is 9.66. The summed E-state index contributed by atoms with van der Waals surface area (Å²) in [7, 11) is 1.55. The lowest BCUT2D eigenvalue weighted by molar-refractivity contribution is -0.150. The molecule has 3 aliphatic heterocycles. The first-order chi connectivity index (χ1) is 15.0. The number of hydrogen-bond acceptors (Lipinski definition) is 5. The average molecular weight is 444 g/mol. The maximum atomic E-state index is 14.0. The Bertz CT molecular complexity index is 929. The highest BCUT2D eigenvalue weighted by atomic mass is 16.5. The molecule has 0 radical (unpaired) electrons. The molecule has 3 N–H and O–H groups in total. The maximum Gasteiger partial charge on any atom is 0.246 e. The van der Waals surface area contributed by atoms with Crippen LogP contribution in [0.4, 0.5) is 0 Å². The van der Waals surface area contributed by atoms with E-state index in [9.17, 15) is 19.5 Å². The minimum absolute atomic E-state index is 0.260. The number of fused-ring (bicyclic) bond motifs is 1. The molecular weight excluding hydrogens is 410 g/mol. The van der Waals surface area contributed by atoms with Crippen LogP contribution in [0.25, 0.3) is 0 Å². The van der Waals surface area contributed by atoms with E-state index in [2.05, 4.69) is 10.6 Å². The van der Waals surface area contributed by atoms with Crippen LogP contribution in [0.2, 0.25) is 0 Å². The standard InChI is InChI=1S/C24H33N3O5/c1-22(2,3)26-20(30)18-24-12-11-23(4,32-24)16(19(29)25-5)17(24)21(31)27(18)15(13-28)14-9-7-6-8-10-14/h6-10,15-18,28H,11-13H2,1-5H3,(H,25,29)(H,26,30)/t15-,16+,17+,18?,23-,24?/m1/s1. The van der Waals surface area contributed by atoms with Crippen molar-refractivity contribution in [3.05, 3.63) is 35.9 Å². The smallest absolute Gasteiger partial charge is 0.246 e. The molecule has 3 aliphatic rings. The van der Waals surface area contributed by atoms with E-state index in [1.807, 2.05) is 58.0 Å². The zero-order chi connectivity index (χ0) is 23.5. The SMILES string of the molecule is CNC(=O)[C@@H]1[C@H]2C(=O)N([C@H](CO)c3ccccc3)C(C(=O)NC(C)(C)C)C23CC[C@@]1(C)O3. The number of likely N-dealkylation sites (tertiary alicyclic amines) is 1. The van der Waals surface area contributed by atoms with Crippen molar-refractivity contribution in [2.45, 2.75) is 69.4 Å². The van der Waals surface area contributed by atoms with Gasteiger partial charge in [0.15, 0.2) is 0 Å². The second-order valence-corrected chi connectivity index (χ2v) is 10.4. The largest absolute Gasteiger partial charge is 0.394 e. The third kappa shape index (κ3) is 3.23. The molecule has 32 heavy (non-hydrogen) atoms. The Morgan fingerprint density at radius 1 is 1.22 bits per heavy atom. The Hall–Kier alpha value is -2.45. The molecule has 174 valence electrons. The predicted molar refractivity (Wildman–Crippen MR) is 117 cm³/mol. The summed E-state index contributed by atoms with van der Waals surface area (Å²) in [6.07, 6.45) is 1.08. The Balaban J connectivity index is 1.85. The molecule has 1 aromatic carbocycles. The number of nitrogens with zero attached hydrogens (tertiary/aromatic N) is 1. The molecule has 2 bridgehead atoms. The maximum absolute atomic E-state index is 14.0. The zero-order valence-corrected chi connectivity index (χ0v) is 19.3. The normalized spacial score (nSPS) is 34.4. The van der Waals surface area contributed by atoms with E-state index in [4.69, 9.17) is 4.74 Å². The Kier molecular flexibility index (Phi) is 5.37. The van der Waals surface area contributed by atoms with E-state index in [1.165, 1.54) is 4.90 Å². The first-order valence-electron chi connectivity index (χ1n) is 11.2. The monoisotopic (exact) mass is 443 g/mol. The molecule has 3 heterocycles. The van der Waals surface area contributed by atoms with Crippen LogP contribution in [0.1, 0.15) is 52.1 Å². The van der Waals surface area contributed by atoms with Crippen LogP contribution in [-0.2, 0) is 19.1 Å². The number of amides is 3. The van der Waals surface area contributed by atoms with Gasteiger partial charge in [-0.15, -0.1) is 0 Å². The van der Waals surface area contributed by atoms with Crippen LogP contribution >= 0.6 is 0 Å². The van der Waals surface area contributed by atoms with Crippen molar-refractivity contribution in [3.63, 3.8) is 0 Å². The second-order valence-electron chi connectivity index (χ2n) is 10.4. The molecule has 3 saturated heterocycles. The van der Waals surface area contributed by atoms with Gasteiger partial charge in [-0.2, -0.15) is 0 Å². The Morgan fingerprint density at radius 3 is 2.44 bits per heavy atom. The Labute approximate surface area is 188 Å². The lowest BCUT2D eigenvalue weighted by Crippen LogP contribution is -2.59. The van der Waals surface area contributed by atoms with Crippen LogP contribution in [-0.4, -0.2) is 64.2 Å². The fraction of sp³-hybridized carbons (Fsp3) is 0.625. The number of nitrogens with one attached hydrogen (secondary N) is 2. The highest BCUT2D eigenvalue weighted by molar-refractivity contribution is 5.99. The van der Waals surface area contributed by atoms with Crippen LogP contribution in [0.3, 0.4) is 0 Å². The molecule has 8 nitrogen and oxygen atoms in total. The van der Waals surface area contributed by atoms with E-state index < -0.39 is 40.7 Å². The van der Waals surface area contributed by atoms with Crippen molar-refractivity contribution in [2.24, 2.45) is 11.8 Å². The summed E-state index contributed by atoms with van der Waals surface area (Å²) < 4.78 is 6.52. The number of rotatable bonds is 5. The summed E-state index contributed by atoms with van der Waals surface area (Å²) in [6, 6.07) is 7.50. The van der Waals surface area contributed by atoms with Gasteiger partial charge < -0.3 is 25.4 Å². The summed E-state index contributed by atoms with van der Waals surface area (Å²) in [5.41, 5.74) is -1.72. The molecule has 0 aliphatic carbocycles. The lowest BCUT2D eigenvalue weighted by Gasteiger charge is -2.38. The Morgan fingerprint density at radius 2 is 1.88 bits per heavy atom. The highest BCUT2D eigenvalue weighted by Gasteiger charge is 2.78. The summed E-state index contributed by atoms with van der Waals surface area (Å²) in [6.45, 7) is 7.15. The van der Waals surface area contributed by atoms with Crippen LogP contribution in [0.5, 0.6) is 0 Å². The molecule has 6 atom stereocenters. The van der Waals surface area contributed by atoms with E-state index in [1.54, 1.807) is 7.05 Å². The highest BCUT2D eigenvalue weighted by Crippen LogP contribution is 2.64. The minimum Gasteiger partial charge on any atom is -0.394 e. The molecule has 3 fully saturated rings. The van der Waals surface area contributed by atoms with Gasteiger partial charge in [-0.1, -0.05) is 30.3 Å². The number of benzene rings is 1. The topological polar surface area (TPSA) is 108 Å². The quantitative estimate of drug-likeness (QED) is 0.633. The number of aliphatic hydroxyl groups excluding tert-OH is 1. The molecule has 3 amide bonds. The second kappa shape index (κ2) is 7.56. The third-order valence-electron chi connectivity index (χ3n) is 7.18.